The maximum atomic E-state index is 13.0. The number of aryl methyl sites for hydroxylation is 1. The van der Waals surface area contributed by atoms with Gasteiger partial charge in [0.05, 0.1) is 17.7 Å². The summed E-state index contributed by atoms with van der Waals surface area (Å²) in [6.07, 6.45) is 2.00. The first-order chi connectivity index (χ1) is 15.3. The third-order valence-electron chi connectivity index (χ3n) is 5.16. The minimum Gasteiger partial charge on any atom is -0.467 e. The van der Waals surface area contributed by atoms with Crippen LogP contribution in [0.2, 0.25) is 5.02 Å². The molecule has 0 saturated heterocycles. The molecular formula is C23H22ClN3O5. The number of hydrazone groups is 1. The second-order valence-corrected chi connectivity index (χ2v) is 8.20. The molecule has 1 unspecified atom stereocenters. The fraction of sp³-hybridized carbons (Fsp3) is 0.304. The van der Waals surface area contributed by atoms with E-state index in [2.05, 4.69) is 10.3 Å². The van der Waals surface area contributed by atoms with Gasteiger partial charge in [-0.15, -0.1) is 0 Å². The lowest BCUT2D eigenvalue weighted by atomic mass is 10.0. The van der Waals surface area contributed by atoms with E-state index in [0.29, 0.717) is 34.4 Å². The molecule has 1 aromatic carbocycles. The minimum atomic E-state index is -0.656. The number of aromatic nitrogens is 1. The summed E-state index contributed by atoms with van der Waals surface area (Å²) >= 11 is 5.98. The summed E-state index contributed by atoms with van der Waals surface area (Å²) in [6.45, 7) is 4.94. The standard InChI is InChI=1S/C23H22ClN3O5/c1-13(2)22-21(14(3)26-32-22)23(29)31-12-20(28)27-18(19-5-4-10-30-19)11-17(25-27)15-6-8-16(24)9-7-15/h4-10,13,18H,11-12H2,1-3H3. The van der Waals surface area contributed by atoms with Gasteiger partial charge in [0.15, 0.2) is 12.4 Å². The topological polar surface area (TPSA) is 98.1 Å². The average Bonchev–Trinajstić information content (AvgIpc) is 3.51. The highest BCUT2D eigenvalue weighted by Crippen LogP contribution is 2.33. The van der Waals surface area contributed by atoms with E-state index in [0.717, 1.165) is 5.56 Å². The number of hydrogen-bond acceptors (Lipinski definition) is 7. The number of amides is 1. The number of carbonyl (C=O) groups is 2. The number of esters is 1. The van der Waals surface area contributed by atoms with Gasteiger partial charge >= 0.3 is 5.97 Å². The number of nitrogens with zero attached hydrogens (tertiary/aromatic N) is 3. The van der Waals surface area contributed by atoms with Crippen LogP contribution in [0.25, 0.3) is 0 Å². The van der Waals surface area contributed by atoms with Crippen molar-refractivity contribution in [1.82, 2.24) is 10.2 Å². The van der Waals surface area contributed by atoms with Gasteiger partial charge < -0.3 is 13.7 Å². The zero-order chi connectivity index (χ0) is 22.8. The van der Waals surface area contributed by atoms with Crippen LogP contribution < -0.4 is 0 Å². The van der Waals surface area contributed by atoms with Crippen LogP contribution in [0.3, 0.4) is 0 Å². The lowest BCUT2D eigenvalue weighted by Crippen LogP contribution is -2.31. The average molecular weight is 456 g/mol. The van der Waals surface area contributed by atoms with Crippen molar-refractivity contribution in [2.75, 3.05) is 6.61 Å². The largest absolute Gasteiger partial charge is 0.467 e. The highest BCUT2D eigenvalue weighted by Gasteiger charge is 2.35. The van der Waals surface area contributed by atoms with Gasteiger partial charge in [0.1, 0.15) is 17.4 Å². The SMILES string of the molecule is Cc1noc(C(C)C)c1C(=O)OCC(=O)N1N=C(c2ccc(Cl)cc2)CC1c1ccco1. The Kier molecular flexibility index (Phi) is 6.14. The van der Waals surface area contributed by atoms with Crippen LogP contribution >= 0.6 is 11.6 Å². The second kappa shape index (κ2) is 9.00. The van der Waals surface area contributed by atoms with Gasteiger partial charge in [0.2, 0.25) is 0 Å². The molecule has 3 aromatic rings. The first-order valence-corrected chi connectivity index (χ1v) is 10.5. The highest BCUT2D eigenvalue weighted by atomic mass is 35.5. The van der Waals surface area contributed by atoms with Crippen molar-refractivity contribution < 1.29 is 23.3 Å². The fourth-order valence-corrected chi connectivity index (χ4v) is 3.68. The van der Waals surface area contributed by atoms with E-state index in [9.17, 15) is 9.59 Å². The predicted molar refractivity (Wildman–Crippen MR) is 117 cm³/mol. The molecule has 4 rings (SSSR count). The number of benzene rings is 1. The number of rotatable bonds is 6. The normalized spacial score (nSPS) is 15.8. The van der Waals surface area contributed by atoms with Gasteiger partial charge in [-0.05, 0) is 36.8 Å². The summed E-state index contributed by atoms with van der Waals surface area (Å²) in [4.78, 5) is 25.6. The summed E-state index contributed by atoms with van der Waals surface area (Å²) in [7, 11) is 0. The van der Waals surface area contributed by atoms with Crippen LogP contribution in [0.1, 0.15) is 65.4 Å². The molecular weight excluding hydrogens is 434 g/mol. The van der Waals surface area contributed by atoms with Crippen LogP contribution in [-0.2, 0) is 9.53 Å². The van der Waals surface area contributed by atoms with E-state index in [1.807, 2.05) is 26.0 Å². The van der Waals surface area contributed by atoms with Crippen LogP contribution in [-0.4, -0.2) is 34.4 Å². The molecule has 0 spiro atoms. The van der Waals surface area contributed by atoms with Gasteiger partial charge in [-0.2, -0.15) is 5.10 Å². The molecule has 1 amide bonds. The van der Waals surface area contributed by atoms with Crippen molar-refractivity contribution in [2.45, 2.75) is 39.2 Å². The third kappa shape index (κ3) is 4.31. The molecule has 2 aromatic heterocycles. The first-order valence-electron chi connectivity index (χ1n) is 10.2. The van der Waals surface area contributed by atoms with E-state index in [1.54, 1.807) is 37.5 Å². The Morgan fingerprint density at radius 1 is 1.25 bits per heavy atom. The molecule has 0 radical (unpaired) electrons. The molecule has 1 aliphatic rings. The quantitative estimate of drug-likeness (QED) is 0.491. The summed E-state index contributed by atoms with van der Waals surface area (Å²) in [5.74, 6) is -0.157. The molecule has 0 fully saturated rings. The Bertz CT molecular complexity index is 1150. The van der Waals surface area contributed by atoms with E-state index < -0.39 is 24.5 Å². The molecule has 0 N–H and O–H groups in total. The summed E-state index contributed by atoms with van der Waals surface area (Å²) < 4.78 is 16.1. The summed E-state index contributed by atoms with van der Waals surface area (Å²) in [5.41, 5.74) is 2.23. The monoisotopic (exact) mass is 455 g/mol. The molecule has 8 nitrogen and oxygen atoms in total. The van der Waals surface area contributed by atoms with Crippen LogP contribution in [0.4, 0.5) is 0 Å². The number of ether oxygens (including phenoxy) is 1. The van der Waals surface area contributed by atoms with Crippen LogP contribution in [0.5, 0.6) is 0 Å². The van der Waals surface area contributed by atoms with Crippen molar-refractivity contribution in [2.24, 2.45) is 5.10 Å². The zero-order valence-corrected chi connectivity index (χ0v) is 18.6. The Morgan fingerprint density at radius 3 is 2.66 bits per heavy atom. The number of halogens is 1. The summed E-state index contributed by atoms with van der Waals surface area (Å²) in [6, 6.07) is 10.3. The Morgan fingerprint density at radius 2 is 2.00 bits per heavy atom. The lowest BCUT2D eigenvalue weighted by Gasteiger charge is -2.19. The second-order valence-electron chi connectivity index (χ2n) is 7.77. The van der Waals surface area contributed by atoms with E-state index in [1.165, 1.54) is 5.01 Å². The molecule has 0 saturated carbocycles. The Balaban J connectivity index is 1.53. The first kappa shape index (κ1) is 21.8. The van der Waals surface area contributed by atoms with Gasteiger partial charge in [-0.3, -0.25) is 4.79 Å². The van der Waals surface area contributed by atoms with Crippen LogP contribution in [0, 0.1) is 6.92 Å². The van der Waals surface area contributed by atoms with E-state index in [4.69, 9.17) is 25.3 Å². The van der Waals surface area contributed by atoms with Gasteiger partial charge in [0, 0.05) is 17.4 Å². The molecule has 166 valence electrons. The highest BCUT2D eigenvalue weighted by molar-refractivity contribution is 6.30. The summed E-state index contributed by atoms with van der Waals surface area (Å²) in [5, 5.41) is 10.3. The molecule has 1 atom stereocenters. The minimum absolute atomic E-state index is 0.0529. The van der Waals surface area contributed by atoms with Crippen molar-refractivity contribution in [1.29, 1.82) is 0 Å². The van der Waals surface area contributed by atoms with Gasteiger partial charge in [-0.1, -0.05) is 42.7 Å². The van der Waals surface area contributed by atoms with Crippen molar-refractivity contribution in [3.63, 3.8) is 0 Å². The number of hydrogen-bond donors (Lipinski definition) is 0. The van der Waals surface area contributed by atoms with Crippen molar-refractivity contribution in [3.05, 3.63) is 76.0 Å². The zero-order valence-electron chi connectivity index (χ0n) is 17.9. The Labute approximate surface area is 189 Å². The van der Waals surface area contributed by atoms with Crippen LogP contribution in [0.15, 0.2) is 56.7 Å². The molecule has 32 heavy (non-hydrogen) atoms. The maximum Gasteiger partial charge on any atom is 0.344 e. The molecule has 3 heterocycles. The molecule has 1 aliphatic heterocycles. The molecule has 0 aliphatic carbocycles. The number of furan rings is 1. The Hall–Kier alpha value is -3.39. The number of carbonyl (C=O) groups excluding carboxylic acids is 2. The van der Waals surface area contributed by atoms with E-state index in [-0.39, 0.29) is 11.5 Å². The van der Waals surface area contributed by atoms with Gasteiger partial charge in [-0.25, -0.2) is 9.80 Å². The van der Waals surface area contributed by atoms with Crippen molar-refractivity contribution in [3.8, 4) is 0 Å². The van der Waals surface area contributed by atoms with Crippen molar-refractivity contribution >= 4 is 29.2 Å². The van der Waals surface area contributed by atoms with Gasteiger partial charge in [0.25, 0.3) is 5.91 Å². The molecule has 9 heteroatoms. The maximum absolute atomic E-state index is 13.0. The predicted octanol–water partition coefficient (Wildman–Crippen LogP) is 4.89. The lowest BCUT2D eigenvalue weighted by molar-refractivity contribution is -0.136. The smallest absolute Gasteiger partial charge is 0.344 e. The third-order valence-corrected chi connectivity index (χ3v) is 5.41. The fourth-order valence-electron chi connectivity index (χ4n) is 3.55. The van der Waals surface area contributed by atoms with E-state index >= 15 is 0 Å². The molecule has 0 bridgehead atoms.